The standard InChI is InChI=1S/C14H20F6O/c1-8-4-2-6-10-9(8)5-3-7-11(10)12(21,13(15,16)17)14(18,19)20/h8-11,21H,2-7H2,1H3. The topological polar surface area (TPSA) is 20.2 Å². The molecule has 2 aliphatic rings. The minimum Gasteiger partial charge on any atom is -0.373 e. The van der Waals surface area contributed by atoms with E-state index in [1.165, 1.54) is 0 Å². The molecule has 7 heteroatoms. The average Bonchev–Trinajstić information content (AvgIpc) is 2.35. The van der Waals surface area contributed by atoms with Crippen molar-refractivity contribution >= 4 is 0 Å². The first-order valence-corrected chi connectivity index (χ1v) is 7.36. The van der Waals surface area contributed by atoms with Crippen LogP contribution in [0.4, 0.5) is 26.3 Å². The zero-order valence-corrected chi connectivity index (χ0v) is 11.8. The zero-order chi connectivity index (χ0) is 16.1. The van der Waals surface area contributed by atoms with E-state index in [1.807, 2.05) is 6.92 Å². The summed E-state index contributed by atoms with van der Waals surface area (Å²) < 4.78 is 78.4. The lowest BCUT2D eigenvalue weighted by molar-refractivity contribution is -0.393. The van der Waals surface area contributed by atoms with E-state index in [0.717, 1.165) is 6.42 Å². The summed E-state index contributed by atoms with van der Waals surface area (Å²) in [4.78, 5) is 0. The Hall–Kier alpha value is -0.460. The summed E-state index contributed by atoms with van der Waals surface area (Å²) in [5, 5.41) is 9.68. The molecule has 2 rings (SSSR count). The molecule has 0 aliphatic heterocycles. The molecule has 0 saturated heterocycles. The van der Waals surface area contributed by atoms with Crippen LogP contribution in [-0.2, 0) is 0 Å². The van der Waals surface area contributed by atoms with Gasteiger partial charge in [0.2, 0.25) is 0 Å². The van der Waals surface area contributed by atoms with E-state index in [0.29, 0.717) is 25.7 Å². The lowest BCUT2D eigenvalue weighted by Crippen LogP contribution is -2.64. The van der Waals surface area contributed by atoms with Gasteiger partial charge in [-0.25, -0.2) is 0 Å². The third-order valence-electron chi connectivity index (χ3n) is 5.45. The fraction of sp³-hybridized carbons (Fsp3) is 1.00. The summed E-state index contributed by atoms with van der Waals surface area (Å²) in [6.07, 6.45) is -8.83. The SMILES string of the molecule is CC1CCCC2C1CCCC2C(O)(C(F)(F)F)C(F)(F)F. The predicted molar refractivity (Wildman–Crippen MR) is 64.4 cm³/mol. The van der Waals surface area contributed by atoms with Crippen LogP contribution >= 0.6 is 0 Å². The van der Waals surface area contributed by atoms with E-state index in [1.54, 1.807) is 0 Å². The molecule has 2 saturated carbocycles. The van der Waals surface area contributed by atoms with Crippen molar-refractivity contribution in [3.8, 4) is 0 Å². The summed E-state index contributed by atoms with van der Waals surface area (Å²) in [5.41, 5.74) is -4.58. The summed E-state index contributed by atoms with van der Waals surface area (Å²) in [6, 6.07) is 0. The first kappa shape index (κ1) is 16.9. The van der Waals surface area contributed by atoms with Crippen molar-refractivity contribution in [2.75, 3.05) is 0 Å². The Kier molecular flexibility index (Phi) is 4.28. The molecule has 2 fully saturated rings. The van der Waals surface area contributed by atoms with Crippen molar-refractivity contribution in [1.82, 2.24) is 0 Å². The van der Waals surface area contributed by atoms with Gasteiger partial charge in [0.15, 0.2) is 0 Å². The number of halogens is 6. The number of hydrogen-bond acceptors (Lipinski definition) is 1. The summed E-state index contributed by atoms with van der Waals surface area (Å²) in [5.74, 6) is -2.50. The van der Waals surface area contributed by atoms with Crippen LogP contribution in [0, 0.1) is 23.7 Å². The molecule has 1 nitrogen and oxygen atoms in total. The highest BCUT2D eigenvalue weighted by Crippen LogP contribution is 2.57. The largest absolute Gasteiger partial charge is 0.426 e. The number of aliphatic hydroxyl groups is 1. The predicted octanol–water partition coefficient (Wildman–Crippen LogP) is 4.69. The van der Waals surface area contributed by atoms with Crippen LogP contribution in [0.25, 0.3) is 0 Å². The maximum absolute atomic E-state index is 13.1. The summed E-state index contributed by atoms with van der Waals surface area (Å²) in [7, 11) is 0. The van der Waals surface area contributed by atoms with Crippen molar-refractivity contribution in [3.63, 3.8) is 0 Å². The Balaban J connectivity index is 2.40. The Bertz CT molecular complexity index is 361. The van der Waals surface area contributed by atoms with Crippen molar-refractivity contribution < 1.29 is 31.4 Å². The molecule has 124 valence electrons. The molecule has 0 amide bonds. The average molecular weight is 318 g/mol. The van der Waals surface area contributed by atoms with E-state index in [-0.39, 0.29) is 18.3 Å². The first-order chi connectivity index (χ1) is 9.50. The van der Waals surface area contributed by atoms with Gasteiger partial charge in [0.25, 0.3) is 5.60 Å². The minimum absolute atomic E-state index is 0.122. The van der Waals surface area contributed by atoms with Crippen LogP contribution in [0.15, 0.2) is 0 Å². The van der Waals surface area contributed by atoms with Crippen molar-refractivity contribution in [3.05, 3.63) is 0 Å². The second-order valence-corrected chi connectivity index (χ2v) is 6.54. The Labute approximate surface area is 119 Å². The van der Waals surface area contributed by atoms with Gasteiger partial charge >= 0.3 is 12.4 Å². The van der Waals surface area contributed by atoms with Crippen molar-refractivity contribution in [1.29, 1.82) is 0 Å². The maximum Gasteiger partial charge on any atom is 0.426 e. The summed E-state index contributed by atoms with van der Waals surface area (Å²) >= 11 is 0. The molecule has 0 aromatic rings. The summed E-state index contributed by atoms with van der Waals surface area (Å²) in [6.45, 7) is 1.89. The van der Waals surface area contributed by atoms with Crippen LogP contribution in [-0.4, -0.2) is 23.1 Å². The molecule has 0 aromatic heterocycles. The quantitative estimate of drug-likeness (QED) is 0.695. The third kappa shape index (κ3) is 2.66. The highest BCUT2D eigenvalue weighted by atomic mass is 19.4. The maximum atomic E-state index is 13.1. The van der Waals surface area contributed by atoms with Crippen molar-refractivity contribution in [2.45, 2.75) is 63.4 Å². The van der Waals surface area contributed by atoms with Crippen LogP contribution in [0.3, 0.4) is 0 Å². The van der Waals surface area contributed by atoms with Gasteiger partial charge < -0.3 is 5.11 Å². The minimum atomic E-state index is -5.70. The molecular weight excluding hydrogens is 298 g/mol. The molecule has 21 heavy (non-hydrogen) atoms. The van der Waals surface area contributed by atoms with Gasteiger partial charge in [-0.1, -0.05) is 26.2 Å². The van der Waals surface area contributed by atoms with Crippen LogP contribution in [0.5, 0.6) is 0 Å². The Morgan fingerprint density at radius 3 is 1.76 bits per heavy atom. The molecule has 0 aromatic carbocycles. The first-order valence-electron chi connectivity index (χ1n) is 7.36. The van der Waals surface area contributed by atoms with Gasteiger partial charge in [-0.05, 0) is 37.0 Å². The normalized spacial score (nSPS) is 35.4. The molecule has 2 aliphatic carbocycles. The fourth-order valence-corrected chi connectivity index (χ4v) is 4.41. The lowest BCUT2D eigenvalue weighted by Gasteiger charge is -2.50. The molecule has 4 unspecified atom stereocenters. The molecule has 1 N–H and O–H groups in total. The van der Waals surface area contributed by atoms with Gasteiger partial charge in [-0.2, -0.15) is 26.3 Å². The monoisotopic (exact) mass is 318 g/mol. The highest BCUT2D eigenvalue weighted by Gasteiger charge is 2.75. The number of rotatable bonds is 1. The van der Waals surface area contributed by atoms with E-state index in [2.05, 4.69) is 0 Å². The number of fused-ring (bicyclic) bond motifs is 1. The van der Waals surface area contributed by atoms with E-state index in [4.69, 9.17) is 0 Å². The Morgan fingerprint density at radius 1 is 0.762 bits per heavy atom. The van der Waals surface area contributed by atoms with Gasteiger partial charge in [-0.15, -0.1) is 0 Å². The van der Waals surface area contributed by atoms with Gasteiger partial charge in [0, 0.05) is 5.92 Å². The molecule has 0 radical (unpaired) electrons. The Morgan fingerprint density at radius 2 is 1.24 bits per heavy atom. The highest BCUT2D eigenvalue weighted by molar-refractivity contribution is 5.05. The smallest absolute Gasteiger partial charge is 0.373 e. The molecule has 4 atom stereocenters. The van der Waals surface area contributed by atoms with Crippen LogP contribution in [0.2, 0.25) is 0 Å². The van der Waals surface area contributed by atoms with Crippen molar-refractivity contribution in [2.24, 2.45) is 23.7 Å². The van der Waals surface area contributed by atoms with E-state index >= 15 is 0 Å². The molecule has 0 heterocycles. The van der Waals surface area contributed by atoms with E-state index in [9.17, 15) is 31.4 Å². The van der Waals surface area contributed by atoms with Crippen LogP contribution in [0.1, 0.15) is 45.4 Å². The number of alkyl halides is 6. The lowest BCUT2D eigenvalue weighted by atomic mass is 9.57. The third-order valence-corrected chi connectivity index (χ3v) is 5.45. The second kappa shape index (κ2) is 5.32. The molecule has 0 spiro atoms. The molecule has 0 bridgehead atoms. The molecular formula is C14H20F6O. The van der Waals surface area contributed by atoms with E-state index < -0.39 is 29.8 Å². The second-order valence-electron chi connectivity index (χ2n) is 6.54. The zero-order valence-electron chi connectivity index (χ0n) is 11.8. The fourth-order valence-electron chi connectivity index (χ4n) is 4.41. The number of hydrogen-bond donors (Lipinski definition) is 1. The van der Waals surface area contributed by atoms with Gasteiger partial charge in [0.1, 0.15) is 0 Å². The van der Waals surface area contributed by atoms with Gasteiger partial charge in [-0.3, -0.25) is 0 Å². The van der Waals surface area contributed by atoms with Gasteiger partial charge in [0.05, 0.1) is 0 Å². The van der Waals surface area contributed by atoms with Crippen LogP contribution < -0.4 is 0 Å².